The zero-order valence-corrected chi connectivity index (χ0v) is 24.4. The highest BCUT2D eigenvalue weighted by Gasteiger charge is 2.46. The number of halogens is 12. The molecule has 0 fully saturated rings. The second kappa shape index (κ2) is 13.4. The van der Waals surface area contributed by atoms with Crippen molar-refractivity contribution in [3.63, 3.8) is 0 Å². The average molecular weight is 728 g/mol. The molecule has 20 heteroatoms. The number of benzene rings is 3. The third kappa shape index (κ3) is 6.57. The molecule has 0 saturated heterocycles. The fraction of sp³-hybridized carbons (Fsp3) is 0.125. The molecular formula is C32H4F12N8. The highest BCUT2D eigenvalue weighted by atomic mass is 19.4. The maximum atomic E-state index is 14.0. The molecule has 3 aromatic carbocycles. The first-order chi connectivity index (χ1) is 24.0. The SMILES string of the molecule is N#C/C(c1cc(C(F)(F)F)c(C#N)c(C(F)(F)F)c1C#N)=c1\cc/c(=C(\C#N)c2cc(C(F)(F)F)c(C#N)c(C(F)(F)F)c2C#N)c(C#N)c1C#N. The van der Waals surface area contributed by atoms with E-state index in [2.05, 4.69) is 0 Å². The van der Waals surface area contributed by atoms with E-state index in [0.29, 0.717) is 24.3 Å². The van der Waals surface area contributed by atoms with E-state index in [1.54, 1.807) is 0 Å². The van der Waals surface area contributed by atoms with Gasteiger partial charge in [-0.05, 0) is 12.1 Å². The number of rotatable bonds is 2. The molecule has 0 atom stereocenters. The van der Waals surface area contributed by atoms with Crippen LogP contribution in [0.5, 0.6) is 0 Å². The molecule has 8 nitrogen and oxygen atoms in total. The van der Waals surface area contributed by atoms with Crippen molar-refractivity contribution >= 4 is 11.1 Å². The Balaban J connectivity index is 2.82. The van der Waals surface area contributed by atoms with Crippen molar-refractivity contribution in [3.8, 4) is 48.6 Å². The quantitative estimate of drug-likeness (QED) is 0.269. The summed E-state index contributed by atoms with van der Waals surface area (Å²) < 4.78 is 168. The summed E-state index contributed by atoms with van der Waals surface area (Å²) in [6.45, 7) is 0. The maximum absolute atomic E-state index is 14.0. The van der Waals surface area contributed by atoms with Crippen LogP contribution in [0.2, 0.25) is 0 Å². The first kappa shape index (κ1) is 38.9. The predicted molar refractivity (Wildman–Crippen MR) is 143 cm³/mol. The molecule has 0 aliphatic rings. The average Bonchev–Trinajstić information content (AvgIpc) is 3.05. The lowest BCUT2D eigenvalue weighted by molar-refractivity contribution is -0.145. The van der Waals surface area contributed by atoms with Gasteiger partial charge in [0.05, 0.1) is 66.8 Å². The summed E-state index contributed by atoms with van der Waals surface area (Å²) in [7, 11) is 0. The number of hydrogen-bond acceptors (Lipinski definition) is 8. The number of hydrogen-bond donors (Lipinski definition) is 0. The van der Waals surface area contributed by atoms with Gasteiger partial charge in [0.1, 0.15) is 48.6 Å². The van der Waals surface area contributed by atoms with E-state index in [1.807, 2.05) is 0 Å². The Labute approximate surface area is 280 Å². The van der Waals surface area contributed by atoms with Crippen LogP contribution in [0.25, 0.3) is 11.1 Å². The Morgan fingerprint density at radius 2 is 0.654 bits per heavy atom. The van der Waals surface area contributed by atoms with Crippen molar-refractivity contribution in [1.82, 2.24) is 0 Å². The van der Waals surface area contributed by atoms with Gasteiger partial charge in [0.2, 0.25) is 0 Å². The normalized spacial score (nSPS) is 12.7. The lowest BCUT2D eigenvalue weighted by Crippen LogP contribution is -2.25. The van der Waals surface area contributed by atoms with E-state index in [0.717, 1.165) is 12.1 Å². The zero-order chi connectivity index (χ0) is 39.7. The number of alkyl halides is 12. The van der Waals surface area contributed by atoms with Gasteiger partial charge in [-0.15, -0.1) is 0 Å². The Morgan fingerprint density at radius 3 is 0.846 bits per heavy atom. The molecule has 256 valence electrons. The van der Waals surface area contributed by atoms with Crippen LogP contribution in [0.3, 0.4) is 0 Å². The number of nitrogens with zero attached hydrogens (tertiary/aromatic N) is 8. The van der Waals surface area contributed by atoms with Crippen molar-refractivity contribution in [2.24, 2.45) is 0 Å². The van der Waals surface area contributed by atoms with Gasteiger partial charge in [-0.25, -0.2) is 0 Å². The summed E-state index contributed by atoms with van der Waals surface area (Å²) in [6, 6.07) is 8.81. The van der Waals surface area contributed by atoms with Crippen LogP contribution in [0, 0.1) is 90.6 Å². The van der Waals surface area contributed by atoms with Crippen molar-refractivity contribution < 1.29 is 52.7 Å². The summed E-state index contributed by atoms with van der Waals surface area (Å²) in [6.07, 6.45) is -23.1. The molecule has 0 aromatic heterocycles. The van der Waals surface area contributed by atoms with E-state index in [-0.39, 0.29) is 12.1 Å². The van der Waals surface area contributed by atoms with Crippen molar-refractivity contribution in [1.29, 1.82) is 42.1 Å². The van der Waals surface area contributed by atoms with Crippen LogP contribution in [-0.2, 0) is 24.7 Å². The van der Waals surface area contributed by atoms with Crippen molar-refractivity contribution in [3.05, 3.63) is 101 Å². The van der Waals surface area contributed by atoms with Crippen molar-refractivity contribution in [2.45, 2.75) is 24.7 Å². The first-order valence-electron chi connectivity index (χ1n) is 12.9. The minimum Gasteiger partial charge on any atom is -0.192 e. The van der Waals surface area contributed by atoms with Crippen LogP contribution >= 0.6 is 0 Å². The summed E-state index contributed by atoms with van der Waals surface area (Å²) in [5.74, 6) is 0. The van der Waals surface area contributed by atoms with E-state index in [4.69, 9.17) is 0 Å². The highest BCUT2D eigenvalue weighted by Crippen LogP contribution is 2.45. The summed E-state index contributed by atoms with van der Waals surface area (Å²) in [5.41, 5.74) is -25.0. The molecule has 52 heavy (non-hydrogen) atoms. The first-order valence-corrected chi connectivity index (χ1v) is 12.9. The van der Waals surface area contributed by atoms with Crippen molar-refractivity contribution in [2.75, 3.05) is 0 Å². The smallest absolute Gasteiger partial charge is 0.192 e. The van der Waals surface area contributed by atoms with Crippen LogP contribution < -0.4 is 10.4 Å². The Kier molecular flexibility index (Phi) is 10.0. The molecule has 0 aliphatic heterocycles. The molecule has 0 amide bonds. The molecule has 0 unspecified atom stereocenters. The maximum Gasteiger partial charge on any atom is 0.419 e. The van der Waals surface area contributed by atoms with Gasteiger partial charge in [0.15, 0.2) is 0 Å². The summed E-state index contributed by atoms with van der Waals surface area (Å²) >= 11 is 0. The second-order valence-corrected chi connectivity index (χ2v) is 9.74. The van der Waals surface area contributed by atoms with Gasteiger partial charge in [-0.2, -0.15) is 94.8 Å². The zero-order valence-electron chi connectivity index (χ0n) is 24.4. The highest BCUT2D eigenvalue weighted by molar-refractivity contribution is 5.86. The van der Waals surface area contributed by atoms with Gasteiger partial charge in [0.25, 0.3) is 0 Å². The van der Waals surface area contributed by atoms with Crippen LogP contribution in [0.4, 0.5) is 52.7 Å². The predicted octanol–water partition coefficient (Wildman–Crippen LogP) is 6.44. The third-order valence-electron chi connectivity index (χ3n) is 7.01. The van der Waals surface area contributed by atoms with E-state index >= 15 is 0 Å². The lowest BCUT2D eigenvalue weighted by atomic mass is 9.86. The molecule has 0 saturated carbocycles. The van der Waals surface area contributed by atoms with E-state index in [9.17, 15) is 94.8 Å². The Morgan fingerprint density at radius 1 is 0.385 bits per heavy atom. The molecule has 0 aliphatic carbocycles. The largest absolute Gasteiger partial charge is 0.419 e. The molecular weight excluding hydrogens is 724 g/mol. The van der Waals surface area contributed by atoms with Gasteiger partial charge >= 0.3 is 24.7 Å². The molecule has 3 rings (SSSR count). The van der Waals surface area contributed by atoms with Gasteiger partial charge in [-0.3, -0.25) is 0 Å². The Hall–Kier alpha value is -7.52. The van der Waals surface area contributed by atoms with Gasteiger partial charge < -0.3 is 0 Å². The molecule has 0 radical (unpaired) electrons. The molecule has 0 spiro atoms. The van der Waals surface area contributed by atoms with Gasteiger partial charge in [-0.1, -0.05) is 12.1 Å². The monoisotopic (exact) mass is 728 g/mol. The van der Waals surface area contributed by atoms with Gasteiger partial charge in [0, 0.05) is 21.6 Å². The van der Waals surface area contributed by atoms with Crippen LogP contribution in [0.15, 0.2) is 24.3 Å². The standard InChI is InChI=1S/C32H4F12N8/c33-29(34,35)25-3-15(21(9-49)27(23(25)11-51)31(39,40)41)17(5-45)13-1-2-14(20(8-48)19(13)7-47)18(6-46)16-4-26(30(36,37)38)24(12-52)28(22(16)10-50)32(42,43)44/h1-4H/b17-13-,18-14-. The fourth-order valence-corrected chi connectivity index (χ4v) is 5.02. The van der Waals surface area contributed by atoms with Crippen LogP contribution in [0.1, 0.15) is 66.8 Å². The minimum atomic E-state index is -5.84. The van der Waals surface area contributed by atoms with Crippen LogP contribution in [-0.4, -0.2) is 0 Å². The second-order valence-electron chi connectivity index (χ2n) is 9.74. The molecule has 0 N–H and O–H groups in total. The fourth-order valence-electron chi connectivity index (χ4n) is 5.02. The Bertz CT molecular complexity index is 2370. The number of nitriles is 8. The lowest BCUT2D eigenvalue weighted by Gasteiger charge is -2.19. The molecule has 0 bridgehead atoms. The third-order valence-corrected chi connectivity index (χ3v) is 7.01. The summed E-state index contributed by atoms with van der Waals surface area (Å²) in [4.78, 5) is 0. The minimum absolute atomic E-state index is 0.188. The molecule has 3 aromatic rings. The molecule has 0 heterocycles. The topological polar surface area (TPSA) is 190 Å². The summed E-state index contributed by atoms with van der Waals surface area (Å²) in [5, 5.41) is 75.3. The van der Waals surface area contributed by atoms with E-state index in [1.165, 1.54) is 24.3 Å². The van der Waals surface area contributed by atoms with E-state index < -0.39 is 113 Å².